The fraction of sp³-hybridized carbons (Fsp3) is 0.200. The van der Waals surface area contributed by atoms with Crippen LogP contribution in [0.1, 0.15) is 11.1 Å². The van der Waals surface area contributed by atoms with Gasteiger partial charge in [0.15, 0.2) is 0 Å². The van der Waals surface area contributed by atoms with Gasteiger partial charge in [0.1, 0.15) is 10.7 Å². The van der Waals surface area contributed by atoms with E-state index in [0.717, 1.165) is 21.8 Å². The van der Waals surface area contributed by atoms with Crippen LogP contribution in [0, 0.1) is 13.8 Å². The largest absolute Gasteiger partial charge is 0.493 e. The van der Waals surface area contributed by atoms with Crippen molar-refractivity contribution in [3.8, 4) is 16.6 Å². The first kappa shape index (κ1) is 9.15. The summed E-state index contributed by atoms with van der Waals surface area (Å²) in [5.74, 6) is 0.0618. The first-order valence-electron chi connectivity index (χ1n) is 4.25. The van der Waals surface area contributed by atoms with Crippen LogP contribution in [0.4, 0.5) is 0 Å². The smallest absolute Gasteiger partial charge is 0.222 e. The minimum absolute atomic E-state index is 0.0618. The van der Waals surface area contributed by atoms with Crippen LogP contribution in [0.15, 0.2) is 17.6 Å². The second-order valence-corrected chi connectivity index (χ2v) is 4.05. The van der Waals surface area contributed by atoms with Crippen molar-refractivity contribution in [2.24, 2.45) is 0 Å². The fourth-order valence-corrected chi connectivity index (χ4v) is 2.05. The van der Waals surface area contributed by atoms with Crippen LogP contribution in [-0.4, -0.2) is 15.1 Å². The Bertz CT molecular complexity index is 465. The average Bonchev–Trinajstić information content (AvgIpc) is 2.51. The van der Waals surface area contributed by atoms with E-state index >= 15 is 0 Å². The molecule has 14 heavy (non-hydrogen) atoms. The van der Waals surface area contributed by atoms with E-state index in [4.69, 9.17) is 5.11 Å². The van der Waals surface area contributed by atoms with Gasteiger partial charge in [0, 0.05) is 6.20 Å². The molecule has 2 rings (SSSR count). The third kappa shape index (κ3) is 1.61. The molecule has 0 amide bonds. The van der Waals surface area contributed by atoms with Crippen molar-refractivity contribution in [2.75, 3.05) is 0 Å². The van der Waals surface area contributed by atoms with Crippen LogP contribution in [0.5, 0.6) is 5.88 Å². The van der Waals surface area contributed by atoms with Crippen molar-refractivity contribution in [2.45, 2.75) is 13.8 Å². The van der Waals surface area contributed by atoms with E-state index in [1.54, 1.807) is 11.6 Å². The summed E-state index contributed by atoms with van der Waals surface area (Å²) in [6.45, 7) is 4.00. The second kappa shape index (κ2) is 3.38. The number of thiazole rings is 1. The molecule has 1 N–H and O–H groups in total. The van der Waals surface area contributed by atoms with Crippen molar-refractivity contribution < 1.29 is 5.11 Å². The Morgan fingerprint density at radius 1 is 1.36 bits per heavy atom. The number of pyridine rings is 1. The van der Waals surface area contributed by atoms with E-state index in [1.807, 2.05) is 13.8 Å². The molecular weight excluding hydrogens is 196 g/mol. The van der Waals surface area contributed by atoms with E-state index in [1.165, 1.54) is 11.3 Å². The van der Waals surface area contributed by atoms with Gasteiger partial charge in [-0.3, -0.25) is 4.98 Å². The third-order valence-electron chi connectivity index (χ3n) is 1.91. The molecule has 2 heterocycles. The van der Waals surface area contributed by atoms with E-state index in [0.29, 0.717) is 0 Å². The molecule has 0 aliphatic carbocycles. The predicted octanol–water partition coefficient (Wildman–Crippen LogP) is 2.53. The molecule has 0 fully saturated rings. The molecule has 0 aliphatic rings. The van der Waals surface area contributed by atoms with Crippen LogP contribution >= 0.6 is 11.3 Å². The number of aromatic nitrogens is 2. The summed E-state index contributed by atoms with van der Waals surface area (Å²) in [7, 11) is 0. The summed E-state index contributed by atoms with van der Waals surface area (Å²) in [6.07, 6.45) is 1.81. The minimum atomic E-state index is 0.0618. The van der Waals surface area contributed by atoms with Crippen molar-refractivity contribution in [3.63, 3.8) is 0 Å². The topological polar surface area (TPSA) is 46.0 Å². The van der Waals surface area contributed by atoms with Crippen molar-refractivity contribution in [1.29, 1.82) is 0 Å². The van der Waals surface area contributed by atoms with Crippen molar-refractivity contribution >= 4 is 11.3 Å². The molecule has 0 bridgehead atoms. The molecule has 0 spiro atoms. The number of nitrogens with zero attached hydrogens (tertiary/aromatic N) is 2. The highest BCUT2D eigenvalue weighted by atomic mass is 32.1. The number of rotatable bonds is 1. The molecule has 0 radical (unpaired) electrons. The van der Waals surface area contributed by atoms with E-state index < -0.39 is 0 Å². The van der Waals surface area contributed by atoms with Gasteiger partial charge in [-0.15, -0.1) is 11.3 Å². The number of aryl methyl sites for hydroxylation is 2. The summed E-state index contributed by atoms with van der Waals surface area (Å²) in [6, 6.07) is 2.06. The highest BCUT2D eigenvalue weighted by molar-refractivity contribution is 7.13. The SMILES string of the molecule is Cc1cnc(-c2nc(O)cs2)c(C)c1. The maximum atomic E-state index is 9.13. The van der Waals surface area contributed by atoms with Crippen molar-refractivity contribution in [1.82, 2.24) is 9.97 Å². The van der Waals surface area contributed by atoms with E-state index in [9.17, 15) is 0 Å². The molecule has 2 aromatic rings. The molecule has 2 aromatic heterocycles. The van der Waals surface area contributed by atoms with Crippen LogP contribution in [0.3, 0.4) is 0 Å². The molecule has 0 aliphatic heterocycles. The molecule has 0 saturated carbocycles. The Morgan fingerprint density at radius 2 is 2.14 bits per heavy atom. The Labute approximate surface area is 86.1 Å². The zero-order chi connectivity index (χ0) is 10.1. The summed E-state index contributed by atoms with van der Waals surface area (Å²) in [5.41, 5.74) is 3.06. The van der Waals surface area contributed by atoms with Gasteiger partial charge in [-0.25, -0.2) is 4.98 Å². The molecule has 0 unspecified atom stereocenters. The minimum Gasteiger partial charge on any atom is -0.493 e. The standard InChI is InChI=1S/C10H10N2OS/c1-6-3-7(2)9(11-4-6)10-12-8(13)5-14-10/h3-5,13H,1-2H3. The Hall–Kier alpha value is -1.42. The Morgan fingerprint density at radius 3 is 2.71 bits per heavy atom. The lowest BCUT2D eigenvalue weighted by atomic mass is 10.2. The van der Waals surface area contributed by atoms with E-state index in [-0.39, 0.29) is 5.88 Å². The highest BCUT2D eigenvalue weighted by Gasteiger charge is 2.07. The normalized spacial score (nSPS) is 10.4. The summed E-state index contributed by atoms with van der Waals surface area (Å²) in [5, 5.41) is 11.5. The van der Waals surface area contributed by atoms with E-state index in [2.05, 4.69) is 16.0 Å². The quantitative estimate of drug-likeness (QED) is 0.779. The molecule has 72 valence electrons. The van der Waals surface area contributed by atoms with Gasteiger partial charge >= 0.3 is 0 Å². The maximum absolute atomic E-state index is 9.13. The van der Waals surface area contributed by atoms with Crippen LogP contribution in [0.25, 0.3) is 10.7 Å². The molecule has 0 aromatic carbocycles. The molecule has 0 saturated heterocycles. The average molecular weight is 206 g/mol. The molecule has 3 nitrogen and oxygen atoms in total. The Balaban J connectivity index is 2.52. The van der Waals surface area contributed by atoms with Gasteiger partial charge in [-0.1, -0.05) is 6.07 Å². The first-order valence-corrected chi connectivity index (χ1v) is 5.13. The zero-order valence-corrected chi connectivity index (χ0v) is 8.80. The monoisotopic (exact) mass is 206 g/mol. The predicted molar refractivity (Wildman–Crippen MR) is 56.5 cm³/mol. The summed E-state index contributed by atoms with van der Waals surface area (Å²) >= 11 is 1.40. The summed E-state index contributed by atoms with van der Waals surface area (Å²) in [4.78, 5) is 8.28. The van der Waals surface area contributed by atoms with Gasteiger partial charge in [0.2, 0.25) is 5.88 Å². The third-order valence-corrected chi connectivity index (χ3v) is 2.75. The second-order valence-electron chi connectivity index (χ2n) is 3.19. The van der Waals surface area contributed by atoms with Crippen molar-refractivity contribution in [3.05, 3.63) is 28.8 Å². The van der Waals surface area contributed by atoms with Gasteiger partial charge in [-0.2, -0.15) is 0 Å². The first-order chi connectivity index (χ1) is 6.66. The van der Waals surface area contributed by atoms with Gasteiger partial charge in [-0.05, 0) is 25.0 Å². The molecule has 0 atom stereocenters. The summed E-state index contributed by atoms with van der Waals surface area (Å²) < 4.78 is 0. The van der Waals surface area contributed by atoms with Gasteiger partial charge < -0.3 is 5.11 Å². The molecular formula is C10H10N2OS. The van der Waals surface area contributed by atoms with Crippen LogP contribution in [0.2, 0.25) is 0 Å². The van der Waals surface area contributed by atoms with Crippen LogP contribution < -0.4 is 0 Å². The van der Waals surface area contributed by atoms with Gasteiger partial charge in [0.25, 0.3) is 0 Å². The molecule has 4 heteroatoms. The zero-order valence-electron chi connectivity index (χ0n) is 7.98. The Kier molecular flexibility index (Phi) is 2.21. The van der Waals surface area contributed by atoms with Gasteiger partial charge in [0.05, 0.1) is 5.38 Å². The van der Waals surface area contributed by atoms with Crippen LogP contribution in [-0.2, 0) is 0 Å². The number of aromatic hydroxyl groups is 1. The fourth-order valence-electron chi connectivity index (χ4n) is 1.31. The lowest BCUT2D eigenvalue weighted by molar-refractivity contribution is 0.458. The maximum Gasteiger partial charge on any atom is 0.222 e. The number of hydrogen-bond donors (Lipinski definition) is 1. The lowest BCUT2D eigenvalue weighted by Crippen LogP contribution is -1.88. The highest BCUT2D eigenvalue weighted by Crippen LogP contribution is 2.27. The lowest BCUT2D eigenvalue weighted by Gasteiger charge is -2.01. The number of hydrogen-bond acceptors (Lipinski definition) is 4.